The number of aliphatic imine (C=N–C) groups is 1. The molecule has 1 N–H and O–H groups in total. The molecule has 0 aliphatic carbocycles. The predicted octanol–water partition coefficient (Wildman–Crippen LogP) is 3.51. The molecule has 1 aliphatic rings. The molecule has 1 aliphatic heterocycles. The second kappa shape index (κ2) is 11.2. The van der Waals surface area contributed by atoms with E-state index >= 15 is 0 Å². The topological polar surface area (TPSA) is 76.8 Å². The molecule has 4 rings (SSSR count). The van der Waals surface area contributed by atoms with Crippen molar-refractivity contribution in [1.82, 2.24) is 25.0 Å². The van der Waals surface area contributed by atoms with E-state index in [1.54, 1.807) is 30.1 Å². The van der Waals surface area contributed by atoms with Gasteiger partial charge in [0.15, 0.2) is 5.96 Å². The summed E-state index contributed by atoms with van der Waals surface area (Å²) in [4.78, 5) is 10.8. The molecule has 0 radical (unpaired) electrons. The van der Waals surface area contributed by atoms with Crippen LogP contribution in [0.2, 0.25) is 0 Å². The highest BCUT2D eigenvalue weighted by Gasteiger charge is 2.25. The number of pyridine rings is 1. The molecule has 0 amide bonds. The van der Waals surface area contributed by atoms with Crippen LogP contribution in [0.15, 0.2) is 60.0 Å². The van der Waals surface area contributed by atoms with Gasteiger partial charge >= 0.3 is 0 Å². The molecular weight excluding hydrogens is 526 g/mol. The van der Waals surface area contributed by atoms with Gasteiger partial charge in [-0.3, -0.25) is 9.67 Å². The number of hydrogen-bond donors (Lipinski definition) is 1. The quantitative estimate of drug-likeness (QED) is 0.297. The molecule has 1 saturated heterocycles. The second-order valence-corrected chi connectivity index (χ2v) is 7.21. The van der Waals surface area contributed by atoms with Crippen molar-refractivity contribution in [2.24, 2.45) is 12.0 Å². The summed E-state index contributed by atoms with van der Waals surface area (Å²) >= 11 is 0. The van der Waals surface area contributed by atoms with Gasteiger partial charge in [0.05, 0.1) is 19.3 Å². The van der Waals surface area contributed by atoms with Crippen LogP contribution < -0.4 is 10.1 Å². The first-order chi connectivity index (χ1) is 15.1. The molecule has 8 nitrogen and oxygen atoms in total. The van der Waals surface area contributed by atoms with Crippen molar-refractivity contribution in [3.63, 3.8) is 0 Å². The van der Waals surface area contributed by atoms with Crippen molar-refractivity contribution < 1.29 is 13.9 Å². The maximum absolute atomic E-state index is 13.1. The Balaban J connectivity index is 0.00000289. The minimum atomic E-state index is -0.307. The molecule has 2 aromatic heterocycles. The Morgan fingerprint density at radius 3 is 2.84 bits per heavy atom. The Hall–Kier alpha value is -2.73. The van der Waals surface area contributed by atoms with Gasteiger partial charge in [-0.25, -0.2) is 9.37 Å². The second-order valence-electron chi connectivity index (χ2n) is 7.21. The number of guanidine groups is 1. The molecule has 1 unspecified atom stereocenters. The zero-order chi connectivity index (χ0) is 21.6. The molecular formula is C22H26FIN6O2. The summed E-state index contributed by atoms with van der Waals surface area (Å²) in [5.74, 6) is 1.47. The van der Waals surface area contributed by atoms with E-state index in [4.69, 9.17) is 9.47 Å². The van der Waals surface area contributed by atoms with E-state index in [2.05, 4.69) is 25.3 Å². The normalized spacial score (nSPS) is 16.4. The Kier molecular flexibility index (Phi) is 8.39. The first kappa shape index (κ1) is 23.9. The summed E-state index contributed by atoms with van der Waals surface area (Å²) in [6.07, 6.45) is 5.46. The van der Waals surface area contributed by atoms with Crippen molar-refractivity contribution in [3.05, 3.63) is 71.9 Å². The highest BCUT2D eigenvalue weighted by atomic mass is 127. The standard InChI is InChI=1S/C22H25FN6O2.HI/c1-24-22(29-9-10-30-20(15-29)17-13-27-28(2)14-17)26-12-16-7-8-25-21(11-16)31-19-5-3-18(23)4-6-19;/h3-8,11,13-14,20H,9-10,12,15H2,1-2H3,(H,24,26);1H. The van der Waals surface area contributed by atoms with Gasteiger partial charge in [0.25, 0.3) is 0 Å². The maximum Gasteiger partial charge on any atom is 0.219 e. The van der Waals surface area contributed by atoms with Gasteiger partial charge in [-0.05, 0) is 35.9 Å². The number of rotatable bonds is 5. The van der Waals surface area contributed by atoms with Crippen molar-refractivity contribution in [3.8, 4) is 11.6 Å². The van der Waals surface area contributed by atoms with E-state index in [-0.39, 0.29) is 35.9 Å². The van der Waals surface area contributed by atoms with Crippen LogP contribution in [-0.2, 0) is 18.3 Å². The number of aryl methyl sites for hydroxylation is 1. The Bertz CT molecular complexity index is 1040. The van der Waals surface area contributed by atoms with Crippen molar-refractivity contribution in [2.75, 3.05) is 26.7 Å². The van der Waals surface area contributed by atoms with Crippen LogP contribution in [0.4, 0.5) is 4.39 Å². The lowest BCUT2D eigenvalue weighted by Gasteiger charge is -2.34. The van der Waals surface area contributed by atoms with E-state index in [0.717, 1.165) is 23.6 Å². The van der Waals surface area contributed by atoms with Crippen molar-refractivity contribution >= 4 is 29.9 Å². The number of halogens is 2. The number of aromatic nitrogens is 3. The van der Waals surface area contributed by atoms with Crippen LogP contribution in [0, 0.1) is 5.82 Å². The Labute approximate surface area is 203 Å². The average molecular weight is 552 g/mol. The third-order valence-electron chi connectivity index (χ3n) is 4.96. The first-order valence-corrected chi connectivity index (χ1v) is 10.0. The number of hydrogen-bond acceptors (Lipinski definition) is 5. The number of nitrogens with zero attached hydrogens (tertiary/aromatic N) is 5. The molecule has 1 fully saturated rings. The van der Waals surface area contributed by atoms with E-state index in [0.29, 0.717) is 31.3 Å². The summed E-state index contributed by atoms with van der Waals surface area (Å²) in [5.41, 5.74) is 2.05. The smallest absolute Gasteiger partial charge is 0.219 e. The van der Waals surface area contributed by atoms with Gasteiger partial charge in [0.1, 0.15) is 17.7 Å². The number of ether oxygens (including phenoxy) is 2. The molecule has 0 bridgehead atoms. The summed E-state index contributed by atoms with van der Waals surface area (Å²) < 4.78 is 26.5. The van der Waals surface area contributed by atoms with Crippen LogP contribution >= 0.6 is 24.0 Å². The van der Waals surface area contributed by atoms with Gasteiger partial charge in [-0.15, -0.1) is 24.0 Å². The fraction of sp³-hybridized carbons (Fsp3) is 0.318. The molecule has 1 aromatic carbocycles. The number of morpholine rings is 1. The van der Waals surface area contributed by atoms with Crippen LogP contribution in [0.25, 0.3) is 0 Å². The summed E-state index contributed by atoms with van der Waals surface area (Å²) in [6.45, 7) is 2.63. The van der Waals surface area contributed by atoms with Gasteiger partial charge in [0, 0.05) is 51.2 Å². The van der Waals surface area contributed by atoms with Gasteiger partial charge < -0.3 is 19.7 Å². The minimum absolute atomic E-state index is 0. The Morgan fingerprint density at radius 1 is 1.31 bits per heavy atom. The maximum atomic E-state index is 13.1. The monoisotopic (exact) mass is 552 g/mol. The van der Waals surface area contributed by atoms with Crippen molar-refractivity contribution in [1.29, 1.82) is 0 Å². The lowest BCUT2D eigenvalue weighted by atomic mass is 10.1. The molecule has 0 saturated carbocycles. The average Bonchev–Trinajstić information content (AvgIpc) is 3.23. The van der Waals surface area contributed by atoms with Gasteiger partial charge in [0.2, 0.25) is 5.88 Å². The molecule has 32 heavy (non-hydrogen) atoms. The minimum Gasteiger partial charge on any atom is -0.439 e. The largest absolute Gasteiger partial charge is 0.439 e. The third kappa shape index (κ3) is 6.16. The van der Waals surface area contributed by atoms with Gasteiger partial charge in [-0.1, -0.05) is 0 Å². The fourth-order valence-corrected chi connectivity index (χ4v) is 3.40. The van der Waals surface area contributed by atoms with Crippen LogP contribution in [0.5, 0.6) is 11.6 Å². The van der Waals surface area contributed by atoms with Crippen LogP contribution in [0.3, 0.4) is 0 Å². The number of benzene rings is 1. The fourth-order valence-electron chi connectivity index (χ4n) is 3.40. The summed E-state index contributed by atoms with van der Waals surface area (Å²) in [7, 11) is 3.67. The molecule has 3 aromatic rings. The van der Waals surface area contributed by atoms with E-state index in [1.807, 2.05) is 31.6 Å². The van der Waals surface area contributed by atoms with Crippen LogP contribution in [0.1, 0.15) is 17.2 Å². The van der Waals surface area contributed by atoms with Gasteiger partial charge in [-0.2, -0.15) is 5.10 Å². The zero-order valence-electron chi connectivity index (χ0n) is 17.9. The van der Waals surface area contributed by atoms with E-state index in [1.165, 1.54) is 12.1 Å². The predicted molar refractivity (Wildman–Crippen MR) is 130 cm³/mol. The first-order valence-electron chi connectivity index (χ1n) is 10.0. The van der Waals surface area contributed by atoms with E-state index in [9.17, 15) is 4.39 Å². The lowest BCUT2D eigenvalue weighted by Crippen LogP contribution is -2.47. The van der Waals surface area contributed by atoms with Crippen LogP contribution in [-0.4, -0.2) is 52.4 Å². The van der Waals surface area contributed by atoms with Crippen molar-refractivity contribution in [2.45, 2.75) is 12.6 Å². The molecule has 0 spiro atoms. The zero-order valence-corrected chi connectivity index (χ0v) is 20.3. The molecule has 10 heteroatoms. The molecule has 1 atom stereocenters. The summed E-state index contributed by atoms with van der Waals surface area (Å²) in [6, 6.07) is 9.61. The Morgan fingerprint density at radius 2 is 2.12 bits per heavy atom. The third-order valence-corrected chi connectivity index (χ3v) is 4.96. The SMILES string of the molecule is CN=C(NCc1ccnc(Oc2ccc(F)cc2)c1)N1CCOC(c2cnn(C)c2)C1.I. The molecule has 170 valence electrons. The molecule has 3 heterocycles. The summed E-state index contributed by atoms with van der Waals surface area (Å²) in [5, 5.41) is 7.63. The number of nitrogens with one attached hydrogen (secondary N) is 1. The highest BCUT2D eigenvalue weighted by molar-refractivity contribution is 14.0. The lowest BCUT2D eigenvalue weighted by molar-refractivity contribution is -0.00805. The highest BCUT2D eigenvalue weighted by Crippen LogP contribution is 2.22. The van der Waals surface area contributed by atoms with E-state index < -0.39 is 0 Å².